The molecule has 0 saturated carbocycles. The fourth-order valence-electron chi connectivity index (χ4n) is 2.17. The van der Waals surface area contributed by atoms with Crippen molar-refractivity contribution in [2.45, 2.75) is 25.9 Å². The molecule has 0 spiro atoms. The van der Waals surface area contributed by atoms with E-state index in [0.29, 0.717) is 19.0 Å². The Labute approximate surface area is 105 Å². The van der Waals surface area contributed by atoms with Gasteiger partial charge in [0, 0.05) is 13.1 Å². The number of furan rings is 1. The first kappa shape index (κ1) is 12.5. The summed E-state index contributed by atoms with van der Waals surface area (Å²) >= 11 is 5.64. The number of hydrogen-bond donors (Lipinski definition) is 1. The molecule has 2 rings (SSSR count). The van der Waals surface area contributed by atoms with Crippen LogP contribution in [-0.4, -0.2) is 35.1 Å². The van der Waals surface area contributed by atoms with Gasteiger partial charge in [0.2, 0.25) is 0 Å². The molecule has 0 aromatic carbocycles. The molecule has 0 aliphatic carbocycles. The van der Waals surface area contributed by atoms with E-state index < -0.39 is 0 Å². The number of nitrogens with zero attached hydrogens (tertiary/aromatic N) is 1. The number of piperidine rings is 1. The molecule has 1 aliphatic heterocycles. The van der Waals surface area contributed by atoms with Gasteiger partial charge < -0.3 is 14.4 Å². The molecule has 1 unspecified atom stereocenters. The molecule has 2 heterocycles. The molecule has 1 aromatic heterocycles. The minimum atomic E-state index is -0.301. The van der Waals surface area contributed by atoms with Gasteiger partial charge in [-0.3, -0.25) is 4.79 Å². The summed E-state index contributed by atoms with van der Waals surface area (Å²) in [6.07, 6.45) is 1.36. The lowest BCUT2D eigenvalue weighted by molar-refractivity contribution is 0.0498. The van der Waals surface area contributed by atoms with Crippen LogP contribution in [-0.2, 0) is 0 Å². The maximum absolute atomic E-state index is 12.0. The van der Waals surface area contributed by atoms with Crippen molar-refractivity contribution >= 4 is 17.5 Å². The van der Waals surface area contributed by atoms with Crippen molar-refractivity contribution in [1.82, 2.24) is 4.90 Å². The Hall–Kier alpha value is -1.00. The summed E-state index contributed by atoms with van der Waals surface area (Å²) < 4.78 is 5.10. The maximum Gasteiger partial charge on any atom is 0.289 e. The first-order valence-corrected chi connectivity index (χ1v) is 6.18. The van der Waals surface area contributed by atoms with Crippen molar-refractivity contribution < 1.29 is 14.3 Å². The van der Waals surface area contributed by atoms with Gasteiger partial charge in [0.15, 0.2) is 11.0 Å². The minimum Gasteiger partial charge on any atom is -0.440 e. The standard InChI is InChI=1S/C12H16ClNO3/c1-8(15)9-4-6-14(7-5-9)12(16)10-2-3-11(13)17-10/h2-3,8-9,15H,4-7H2,1H3. The second kappa shape index (κ2) is 5.10. The largest absolute Gasteiger partial charge is 0.440 e. The second-order valence-electron chi connectivity index (χ2n) is 4.47. The van der Waals surface area contributed by atoms with Crippen molar-refractivity contribution in [3.05, 3.63) is 23.1 Å². The van der Waals surface area contributed by atoms with Gasteiger partial charge in [-0.15, -0.1) is 0 Å². The Morgan fingerprint density at radius 3 is 2.65 bits per heavy atom. The Bertz CT molecular complexity index is 394. The van der Waals surface area contributed by atoms with Crippen molar-refractivity contribution in [3.8, 4) is 0 Å². The van der Waals surface area contributed by atoms with E-state index in [1.165, 1.54) is 0 Å². The molecule has 1 fully saturated rings. The number of carbonyl (C=O) groups excluding carboxylic acids is 1. The first-order chi connectivity index (χ1) is 8.08. The lowest BCUT2D eigenvalue weighted by atomic mass is 9.92. The van der Waals surface area contributed by atoms with E-state index in [9.17, 15) is 9.90 Å². The molecule has 0 radical (unpaired) electrons. The molecule has 1 N–H and O–H groups in total. The molecule has 1 atom stereocenters. The quantitative estimate of drug-likeness (QED) is 0.883. The van der Waals surface area contributed by atoms with E-state index in [0.717, 1.165) is 12.8 Å². The molecule has 17 heavy (non-hydrogen) atoms. The zero-order chi connectivity index (χ0) is 12.4. The number of halogens is 1. The smallest absolute Gasteiger partial charge is 0.289 e. The van der Waals surface area contributed by atoms with Crippen LogP contribution < -0.4 is 0 Å². The highest BCUT2D eigenvalue weighted by Crippen LogP contribution is 2.23. The van der Waals surface area contributed by atoms with Crippen LogP contribution >= 0.6 is 11.6 Å². The number of amides is 1. The number of rotatable bonds is 2. The van der Waals surface area contributed by atoms with Crippen molar-refractivity contribution in [2.75, 3.05) is 13.1 Å². The fourth-order valence-corrected chi connectivity index (χ4v) is 2.32. The van der Waals surface area contributed by atoms with E-state index in [4.69, 9.17) is 16.0 Å². The van der Waals surface area contributed by atoms with E-state index >= 15 is 0 Å². The van der Waals surface area contributed by atoms with E-state index in [-0.39, 0.29) is 23.0 Å². The van der Waals surface area contributed by atoms with Gasteiger partial charge in [0.1, 0.15) is 0 Å². The van der Waals surface area contributed by atoms with E-state index in [1.54, 1.807) is 24.0 Å². The summed E-state index contributed by atoms with van der Waals surface area (Å²) in [5.41, 5.74) is 0. The third kappa shape index (κ3) is 2.82. The molecule has 1 aliphatic rings. The van der Waals surface area contributed by atoms with Gasteiger partial charge in [-0.25, -0.2) is 0 Å². The van der Waals surface area contributed by atoms with Crippen molar-refractivity contribution in [1.29, 1.82) is 0 Å². The number of aliphatic hydroxyl groups excluding tert-OH is 1. The lowest BCUT2D eigenvalue weighted by Crippen LogP contribution is -2.40. The normalized spacial score (nSPS) is 19.4. The zero-order valence-electron chi connectivity index (χ0n) is 9.73. The molecule has 5 heteroatoms. The lowest BCUT2D eigenvalue weighted by Gasteiger charge is -2.32. The fraction of sp³-hybridized carbons (Fsp3) is 0.583. The number of likely N-dealkylation sites (tertiary alicyclic amines) is 1. The highest BCUT2D eigenvalue weighted by molar-refractivity contribution is 6.29. The summed E-state index contributed by atoms with van der Waals surface area (Å²) in [4.78, 5) is 13.7. The molecule has 0 bridgehead atoms. The highest BCUT2D eigenvalue weighted by atomic mass is 35.5. The molecule has 94 valence electrons. The minimum absolute atomic E-state index is 0.124. The summed E-state index contributed by atoms with van der Waals surface area (Å²) in [5, 5.41) is 9.71. The summed E-state index contributed by atoms with van der Waals surface area (Å²) in [5.74, 6) is 0.450. The Balaban J connectivity index is 1.95. The van der Waals surface area contributed by atoms with Crippen LogP contribution in [0.1, 0.15) is 30.3 Å². The Morgan fingerprint density at radius 1 is 1.53 bits per heavy atom. The van der Waals surface area contributed by atoms with Gasteiger partial charge in [-0.2, -0.15) is 0 Å². The Kier molecular flexibility index (Phi) is 3.74. The number of carbonyl (C=O) groups is 1. The summed E-state index contributed by atoms with van der Waals surface area (Å²) in [6, 6.07) is 3.16. The maximum atomic E-state index is 12.0. The highest BCUT2D eigenvalue weighted by Gasteiger charge is 2.27. The van der Waals surface area contributed by atoms with Crippen LogP contribution in [0.4, 0.5) is 0 Å². The molecule has 1 aromatic rings. The van der Waals surface area contributed by atoms with Crippen molar-refractivity contribution in [3.63, 3.8) is 0 Å². The zero-order valence-corrected chi connectivity index (χ0v) is 10.5. The number of aliphatic hydroxyl groups is 1. The third-order valence-corrected chi connectivity index (χ3v) is 3.50. The third-order valence-electron chi connectivity index (χ3n) is 3.29. The number of hydrogen-bond acceptors (Lipinski definition) is 3. The molecule has 1 amide bonds. The van der Waals surface area contributed by atoms with Gasteiger partial charge in [-0.1, -0.05) is 0 Å². The Morgan fingerprint density at radius 2 is 2.18 bits per heavy atom. The second-order valence-corrected chi connectivity index (χ2v) is 4.85. The summed E-state index contributed by atoms with van der Waals surface area (Å²) in [6.45, 7) is 3.12. The average molecular weight is 258 g/mol. The SMILES string of the molecule is CC(O)C1CCN(C(=O)c2ccc(Cl)o2)CC1. The van der Waals surface area contributed by atoms with Crippen LogP contribution in [0.5, 0.6) is 0 Å². The van der Waals surface area contributed by atoms with Crippen molar-refractivity contribution in [2.24, 2.45) is 5.92 Å². The van der Waals surface area contributed by atoms with Gasteiger partial charge in [0.25, 0.3) is 5.91 Å². The predicted octanol–water partition coefficient (Wildman–Crippen LogP) is 2.17. The van der Waals surface area contributed by atoms with Crippen LogP contribution in [0, 0.1) is 5.92 Å². The molecular formula is C12H16ClNO3. The molecule has 1 saturated heterocycles. The van der Waals surface area contributed by atoms with Crippen LogP contribution in [0.25, 0.3) is 0 Å². The van der Waals surface area contributed by atoms with Gasteiger partial charge >= 0.3 is 0 Å². The van der Waals surface area contributed by atoms with Crippen LogP contribution in [0.2, 0.25) is 5.22 Å². The van der Waals surface area contributed by atoms with Crippen LogP contribution in [0.3, 0.4) is 0 Å². The topological polar surface area (TPSA) is 53.7 Å². The molecule has 4 nitrogen and oxygen atoms in total. The first-order valence-electron chi connectivity index (χ1n) is 5.80. The monoisotopic (exact) mass is 257 g/mol. The van der Waals surface area contributed by atoms with Gasteiger partial charge in [-0.05, 0) is 49.4 Å². The predicted molar refractivity (Wildman–Crippen MR) is 64.0 cm³/mol. The average Bonchev–Trinajstić information content (AvgIpc) is 2.75. The van der Waals surface area contributed by atoms with E-state index in [1.807, 2.05) is 0 Å². The molecular weight excluding hydrogens is 242 g/mol. The van der Waals surface area contributed by atoms with Crippen LogP contribution in [0.15, 0.2) is 16.5 Å². The summed E-state index contributed by atoms with van der Waals surface area (Å²) in [7, 11) is 0. The van der Waals surface area contributed by atoms with Gasteiger partial charge in [0.05, 0.1) is 6.10 Å². The van der Waals surface area contributed by atoms with E-state index in [2.05, 4.69) is 0 Å².